The van der Waals surface area contributed by atoms with Crippen LogP contribution in [0.25, 0.3) is 10.8 Å². The van der Waals surface area contributed by atoms with Gasteiger partial charge in [0, 0.05) is 35.6 Å². The summed E-state index contributed by atoms with van der Waals surface area (Å²) < 4.78 is 0. The second kappa shape index (κ2) is 6.42. The van der Waals surface area contributed by atoms with Crippen LogP contribution in [0.4, 0.5) is 5.69 Å². The Balaban J connectivity index is 1.64. The number of fused-ring (bicyclic) bond motifs is 1. The minimum Gasteiger partial charge on any atom is -0.385 e. The highest BCUT2D eigenvalue weighted by Crippen LogP contribution is 2.36. The number of nitrogens with two attached hydrogens (primary N) is 1. The molecule has 0 aliphatic carbocycles. The zero-order valence-corrected chi connectivity index (χ0v) is 14.4. The molecule has 0 atom stereocenters. The van der Waals surface area contributed by atoms with Crippen molar-refractivity contribution in [2.75, 3.05) is 18.0 Å². The minimum absolute atomic E-state index is 0.438. The lowest BCUT2D eigenvalue weighted by atomic mass is 9.84. The number of benzene rings is 2. The van der Waals surface area contributed by atoms with Crippen LogP contribution in [-0.2, 0) is 5.60 Å². The molecule has 26 heavy (non-hydrogen) atoms. The van der Waals surface area contributed by atoms with E-state index in [9.17, 15) is 9.90 Å². The van der Waals surface area contributed by atoms with E-state index in [2.05, 4.69) is 9.88 Å². The highest BCUT2D eigenvalue weighted by atomic mass is 16.3. The third-order valence-corrected chi connectivity index (χ3v) is 5.27. The molecule has 1 saturated heterocycles. The molecule has 0 bridgehead atoms. The predicted octanol–water partition coefficient (Wildman–Crippen LogP) is 2.82. The maximum atomic E-state index is 11.5. The summed E-state index contributed by atoms with van der Waals surface area (Å²) in [5.41, 5.74) is 7.06. The molecule has 0 radical (unpaired) electrons. The molecule has 2 aromatic carbocycles. The van der Waals surface area contributed by atoms with Crippen molar-refractivity contribution in [1.82, 2.24) is 4.98 Å². The van der Waals surface area contributed by atoms with Crippen molar-refractivity contribution in [2.45, 2.75) is 18.4 Å². The number of carbonyl (C=O) groups is 1. The zero-order valence-electron chi connectivity index (χ0n) is 14.4. The molecule has 5 nitrogen and oxygen atoms in total. The van der Waals surface area contributed by atoms with E-state index in [-0.39, 0.29) is 0 Å². The number of rotatable bonds is 3. The Hall–Kier alpha value is -2.92. The molecule has 1 amide bonds. The van der Waals surface area contributed by atoms with Crippen LogP contribution in [0.5, 0.6) is 0 Å². The Morgan fingerprint density at radius 1 is 1.08 bits per heavy atom. The fourth-order valence-corrected chi connectivity index (χ4v) is 3.71. The summed E-state index contributed by atoms with van der Waals surface area (Å²) in [6, 6.07) is 15.3. The maximum Gasteiger partial charge on any atom is 0.248 e. The molecule has 1 fully saturated rings. The van der Waals surface area contributed by atoms with E-state index in [1.807, 2.05) is 48.7 Å². The monoisotopic (exact) mass is 347 g/mol. The van der Waals surface area contributed by atoms with Crippen molar-refractivity contribution >= 4 is 22.4 Å². The van der Waals surface area contributed by atoms with E-state index >= 15 is 0 Å². The number of carbonyl (C=O) groups excluding carboxylic acids is 1. The molecule has 1 aromatic heterocycles. The van der Waals surface area contributed by atoms with Gasteiger partial charge in [-0.15, -0.1) is 0 Å². The highest BCUT2D eigenvalue weighted by molar-refractivity contribution is 6.01. The number of hydrogen-bond acceptors (Lipinski definition) is 4. The van der Waals surface area contributed by atoms with Crippen LogP contribution < -0.4 is 10.6 Å². The highest BCUT2D eigenvalue weighted by Gasteiger charge is 2.34. The van der Waals surface area contributed by atoms with Gasteiger partial charge in [0.15, 0.2) is 0 Å². The first-order valence-electron chi connectivity index (χ1n) is 8.77. The van der Waals surface area contributed by atoms with Crippen LogP contribution in [0, 0.1) is 0 Å². The van der Waals surface area contributed by atoms with Gasteiger partial charge >= 0.3 is 0 Å². The Morgan fingerprint density at radius 2 is 1.81 bits per heavy atom. The van der Waals surface area contributed by atoms with E-state index in [1.165, 1.54) is 0 Å². The number of nitrogens with zero attached hydrogens (tertiary/aromatic N) is 2. The fraction of sp³-hybridized carbons (Fsp3) is 0.238. The average molecular weight is 347 g/mol. The van der Waals surface area contributed by atoms with E-state index in [0.717, 1.165) is 22.0 Å². The van der Waals surface area contributed by atoms with E-state index < -0.39 is 11.5 Å². The molecule has 2 heterocycles. The van der Waals surface area contributed by atoms with Crippen molar-refractivity contribution in [3.8, 4) is 0 Å². The summed E-state index contributed by atoms with van der Waals surface area (Å²) in [5, 5.41) is 13.0. The molecule has 5 heteroatoms. The lowest BCUT2D eigenvalue weighted by Gasteiger charge is -2.39. The van der Waals surface area contributed by atoms with Gasteiger partial charge in [0.25, 0.3) is 0 Å². The number of aromatic nitrogens is 1. The first-order valence-corrected chi connectivity index (χ1v) is 8.77. The molecule has 4 rings (SSSR count). The molecular weight excluding hydrogens is 326 g/mol. The van der Waals surface area contributed by atoms with Gasteiger partial charge in [-0.1, -0.05) is 36.4 Å². The lowest BCUT2D eigenvalue weighted by Crippen LogP contribution is -2.42. The Labute approximate surface area is 152 Å². The van der Waals surface area contributed by atoms with Gasteiger partial charge in [-0.25, -0.2) is 0 Å². The summed E-state index contributed by atoms with van der Waals surface area (Å²) in [6.45, 7) is 1.43. The third kappa shape index (κ3) is 2.91. The van der Waals surface area contributed by atoms with Gasteiger partial charge in [-0.3, -0.25) is 9.78 Å². The third-order valence-electron chi connectivity index (χ3n) is 5.27. The van der Waals surface area contributed by atoms with Crippen LogP contribution in [0.1, 0.15) is 28.8 Å². The van der Waals surface area contributed by atoms with Crippen LogP contribution in [0.2, 0.25) is 0 Å². The molecule has 1 aliphatic rings. The quantitative estimate of drug-likeness (QED) is 0.763. The topological polar surface area (TPSA) is 79.5 Å². The molecule has 3 N–H and O–H groups in total. The number of primary amides is 1. The van der Waals surface area contributed by atoms with E-state index in [0.29, 0.717) is 31.5 Å². The van der Waals surface area contributed by atoms with E-state index in [1.54, 1.807) is 12.3 Å². The first-order chi connectivity index (χ1) is 12.6. The van der Waals surface area contributed by atoms with Gasteiger partial charge in [-0.2, -0.15) is 0 Å². The van der Waals surface area contributed by atoms with Gasteiger partial charge in [0.2, 0.25) is 5.91 Å². The average Bonchev–Trinajstić information content (AvgIpc) is 2.68. The Kier molecular flexibility index (Phi) is 4.09. The van der Waals surface area contributed by atoms with Crippen molar-refractivity contribution in [3.05, 3.63) is 72.1 Å². The summed E-state index contributed by atoms with van der Waals surface area (Å²) in [5.74, 6) is -0.438. The second-order valence-corrected chi connectivity index (χ2v) is 6.84. The van der Waals surface area contributed by atoms with Crippen molar-refractivity contribution in [2.24, 2.45) is 5.73 Å². The first kappa shape index (κ1) is 16.5. The van der Waals surface area contributed by atoms with Crippen molar-refractivity contribution < 1.29 is 9.90 Å². The number of aliphatic hydroxyl groups is 1. The number of anilines is 1. The molecule has 0 spiro atoms. The molecule has 0 saturated carbocycles. The number of amides is 1. The molecule has 132 valence electrons. The smallest absolute Gasteiger partial charge is 0.248 e. The molecule has 1 aliphatic heterocycles. The Morgan fingerprint density at radius 3 is 2.50 bits per heavy atom. The summed E-state index contributed by atoms with van der Waals surface area (Å²) in [4.78, 5) is 18.1. The van der Waals surface area contributed by atoms with Gasteiger partial charge in [0.1, 0.15) is 0 Å². The normalized spacial score (nSPS) is 16.6. The minimum atomic E-state index is -0.797. The Bertz CT molecular complexity index is 948. The van der Waals surface area contributed by atoms with Crippen molar-refractivity contribution in [3.63, 3.8) is 0 Å². The van der Waals surface area contributed by atoms with E-state index in [4.69, 9.17) is 5.73 Å². The fourth-order valence-electron chi connectivity index (χ4n) is 3.71. The van der Waals surface area contributed by atoms with Crippen LogP contribution in [-0.4, -0.2) is 29.1 Å². The SMILES string of the molecule is NC(=O)c1ccc2cncc(N3CCC(O)(c4ccccc4)CC3)c2c1. The van der Waals surface area contributed by atoms with Crippen LogP contribution in [0.3, 0.4) is 0 Å². The number of pyridine rings is 1. The number of hydrogen-bond donors (Lipinski definition) is 2. The zero-order chi connectivity index (χ0) is 18.1. The lowest BCUT2D eigenvalue weighted by molar-refractivity contribution is 0.0118. The second-order valence-electron chi connectivity index (χ2n) is 6.84. The summed E-state index contributed by atoms with van der Waals surface area (Å²) >= 11 is 0. The van der Waals surface area contributed by atoms with Gasteiger partial charge < -0.3 is 15.7 Å². The summed E-state index contributed by atoms with van der Waals surface area (Å²) in [7, 11) is 0. The predicted molar refractivity (Wildman–Crippen MR) is 102 cm³/mol. The molecule has 3 aromatic rings. The molecular formula is C21H21N3O2. The van der Waals surface area contributed by atoms with Gasteiger partial charge in [-0.05, 0) is 30.5 Å². The van der Waals surface area contributed by atoms with Crippen LogP contribution in [0.15, 0.2) is 60.9 Å². The maximum absolute atomic E-state index is 11.5. The van der Waals surface area contributed by atoms with Gasteiger partial charge in [0.05, 0.1) is 17.5 Å². The standard InChI is InChI=1S/C21H21N3O2/c22-20(25)15-6-7-16-13-23-14-19(18(16)12-15)24-10-8-21(26,9-11-24)17-4-2-1-3-5-17/h1-7,12-14,26H,8-11H2,(H2,22,25). The van der Waals surface area contributed by atoms with Crippen molar-refractivity contribution in [1.29, 1.82) is 0 Å². The number of piperidine rings is 1. The van der Waals surface area contributed by atoms with Crippen LogP contribution >= 0.6 is 0 Å². The largest absolute Gasteiger partial charge is 0.385 e. The molecule has 0 unspecified atom stereocenters. The summed E-state index contributed by atoms with van der Waals surface area (Å²) in [6.07, 6.45) is 4.89.